The Kier molecular flexibility index (Phi) is 3.53. The second-order valence-electron chi connectivity index (χ2n) is 7.11. The predicted molar refractivity (Wildman–Crippen MR) is 92.0 cm³/mol. The number of hydrogen-bond acceptors (Lipinski definition) is 1. The third kappa shape index (κ3) is 2.58. The molecule has 0 aliphatic heterocycles. The Morgan fingerprint density at radius 3 is 2.62 bits per heavy atom. The van der Waals surface area contributed by atoms with Gasteiger partial charge in [-0.05, 0) is 67.5 Å². The highest BCUT2D eigenvalue weighted by molar-refractivity contribution is 9.10. The van der Waals surface area contributed by atoms with Crippen LogP contribution in [-0.2, 0) is 6.42 Å². The maximum atomic E-state index is 6.42. The Bertz CT molecular complexity index is 697. The van der Waals surface area contributed by atoms with Gasteiger partial charge in [-0.25, -0.2) is 0 Å². The topological polar surface area (TPSA) is 30.9 Å². The average Bonchev–Trinajstić information content (AvgIpc) is 2.68. The van der Waals surface area contributed by atoms with Gasteiger partial charge in [0.05, 0.1) is 0 Å². The third-order valence-electron chi connectivity index (χ3n) is 4.54. The SMILES string of the molecule is Cc1cc(-n2c(C)cc3c2CC(C)(C)CC3N)ccc1Br. The summed E-state index contributed by atoms with van der Waals surface area (Å²) in [6, 6.07) is 8.97. The van der Waals surface area contributed by atoms with Gasteiger partial charge >= 0.3 is 0 Å². The summed E-state index contributed by atoms with van der Waals surface area (Å²) >= 11 is 3.58. The summed E-state index contributed by atoms with van der Waals surface area (Å²) in [5.74, 6) is 0. The Balaban J connectivity index is 2.18. The summed E-state index contributed by atoms with van der Waals surface area (Å²) in [5.41, 5.74) is 13.2. The van der Waals surface area contributed by atoms with Crippen LogP contribution < -0.4 is 5.73 Å². The van der Waals surface area contributed by atoms with E-state index in [1.807, 2.05) is 0 Å². The van der Waals surface area contributed by atoms with Crippen molar-refractivity contribution in [3.8, 4) is 5.69 Å². The van der Waals surface area contributed by atoms with E-state index < -0.39 is 0 Å². The summed E-state index contributed by atoms with van der Waals surface area (Å²) in [6.45, 7) is 8.94. The highest BCUT2D eigenvalue weighted by Gasteiger charge is 2.33. The van der Waals surface area contributed by atoms with Crippen molar-refractivity contribution in [3.63, 3.8) is 0 Å². The molecule has 1 aromatic carbocycles. The van der Waals surface area contributed by atoms with Crippen LogP contribution in [0.15, 0.2) is 28.7 Å². The van der Waals surface area contributed by atoms with E-state index in [0.29, 0.717) is 0 Å². The normalized spacial score (nSPS) is 20.4. The third-order valence-corrected chi connectivity index (χ3v) is 5.43. The predicted octanol–water partition coefficient (Wildman–Crippen LogP) is 4.83. The average molecular weight is 347 g/mol. The highest BCUT2D eigenvalue weighted by atomic mass is 79.9. The smallest absolute Gasteiger partial charge is 0.0458 e. The summed E-state index contributed by atoms with van der Waals surface area (Å²) in [7, 11) is 0. The largest absolute Gasteiger partial charge is 0.324 e. The van der Waals surface area contributed by atoms with Crippen molar-refractivity contribution in [2.45, 2.75) is 46.6 Å². The van der Waals surface area contributed by atoms with Crippen LogP contribution in [-0.4, -0.2) is 4.57 Å². The van der Waals surface area contributed by atoms with Gasteiger partial charge in [-0.15, -0.1) is 0 Å². The van der Waals surface area contributed by atoms with Crippen LogP contribution in [0.5, 0.6) is 0 Å². The lowest BCUT2D eigenvalue weighted by molar-refractivity contribution is 0.278. The molecule has 1 aliphatic carbocycles. The molecule has 3 rings (SSSR count). The van der Waals surface area contributed by atoms with E-state index >= 15 is 0 Å². The van der Waals surface area contributed by atoms with Crippen molar-refractivity contribution < 1.29 is 0 Å². The number of aryl methyl sites for hydroxylation is 2. The summed E-state index contributed by atoms with van der Waals surface area (Å²) in [4.78, 5) is 0. The molecule has 0 amide bonds. The maximum absolute atomic E-state index is 6.42. The van der Waals surface area contributed by atoms with Crippen LogP contribution in [0.25, 0.3) is 5.69 Å². The second kappa shape index (κ2) is 4.99. The Morgan fingerprint density at radius 2 is 1.95 bits per heavy atom. The number of nitrogens with zero attached hydrogens (tertiary/aromatic N) is 1. The number of nitrogens with two attached hydrogens (primary N) is 1. The molecular formula is C18H23BrN2. The fourth-order valence-electron chi connectivity index (χ4n) is 3.58. The van der Waals surface area contributed by atoms with Crippen LogP contribution in [0.2, 0.25) is 0 Å². The minimum absolute atomic E-state index is 0.153. The first-order valence-corrected chi connectivity index (χ1v) is 8.31. The first-order valence-electron chi connectivity index (χ1n) is 7.52. The molecule has 2 nitrogen and oxygen atoms in total. The van der Waals surface area contributed by atoms with Crippen molar-refractivity contribution in [2.75, 3.05) is 0 Å². The maximum Gasteiger partial charge on any atom is 0.0458 e. The molecule has 0 fully saturated rings. The van der Waals surface area contributed by atoms with Gasteiger partial charge in [0.1, 0.15) is 0 Å². The lowest BCUT2D eigenvalue weighted by Crippen LogP contribution is -2.30. The molecule has 21 heavy (non-hydrogen) atoms. The molecule has 1 heterocycles. The van der Waals surface area contributed by atoms with Crippen molar-refractivity contribution in [1.29, 1.82) is 0 Å². The van der Waals surface area contributed by atoms with Gasteiger partial charge in [0.25, 0.3) is 0 Å². The van der Waals surface area contributed by atoms with Crippen LogP contribution in [0, 0.1) is 19.3 Å². The zero-order chi connectivity index (χ0) is 15.4. The number of fused-ring (bicyclic) bond motifs is 1. The van der Waals surface area contributed by atoms with Gasteiger partial charge in [-0.3, -0.25) is 0 Å². The molecule has 0 saturated heterocycles. The molecule has 2 N–H and O–H groups in total. The van der Waals surface area contributed by atoms with E-state index in [9.17, 15) is 0 Å². The van der Waals surface area contributed by atoms with E-state index in [4.69, 9.17) is 5.73 Å². The molecule has 0 bridgehead atoms. The van der Waals surface area contributed by atoms with E-state index in [2.05, 4.69) is 72.5 Å². The van der Waals surface area contributed by atoms with Crippen LogP contribution >= 0.6 is 15.9 Å². The summed E-state index contributed by atoms with van der Waals surface area (Å²) in [6.07, 6.45) is 2.14. The van der Waals surface area contributed by atoms with E-state index in [-0.39, 0.29) is 11.5 Å². The van der Waals surface area contributed by atoms with Crippen molar-refractivity contribution in [1.82, 2.24) is 4.57 Å². The number of rotatable bonds is 1. The molecule has 0 saturated carbocycles. The number of halogens is 1. The van der Waals surface area contributed by atoms with Gasteiger partial charge in [0.2, 0.25) is 0 Å². The van der Waals surface area contributed by atoms with Gasteiger partial charge in [-0.2, -0.15) is 0 Å². The minimum Gasteiger partial charge on any atom is -0.324 e. The molecule has 2 aromatic rings. The zero-order valence-electron chi connectivity index (χ0n) is 13.2. The highest BCUT2D eigenvalue weighted by Crippen LogP contribution is 2.42. The molecule has 1 unspecified atom stereocenters. The Labute approximate surface area is 135 Å². The molecule has 3 heteroatoms. The van der Waals surface area contributed by atoms with Gasteiger partial charge < -0.3 is 10.3 Å². The second-order valence-corrected chi connectivity index (χ2v) is 7.96. The van der Waals surface area contributed by atoms with E-state index in [1.54, 1.807) is 0 Å². The van der Waals surface area contributed by atoms with Crippen molar-refractivity contribution in [3.05, 3.63) is 51.3 Å². The van der Waals surface area contributed by atoms with E-state index in [1.165, 1.54) is 28.2 Å². The fraction of sp³-hybridized carbons (Fsp3) is 0.444. The Hall–Kier alpha value is -1.06. The van der Waals surface area contributed by atoms with Crippen LogP contribution in [0.3, 0.4) is 0 Å². The molecule has 112 valence electrons. The van der Waals surface area contributed by atoms with Crippen LogP contribution in [0.1, 0.15) is 48.8 Å². The molecule has 0 spiro atoms. The Morgan fingerprint density at radius 1 is 1.24 bits per heavy atom. The van der Waals surface area contributed by atoms with Gasteiger partial charge in [0, 0.05) is 27.6 Å². The number of benzene rings is 1. The van der Waals surface area contributed by atoms with Gasteiger partial charge in [-0.1, -0.05) is 29.8 Å². The first-order chi connectivity index (χ1) is 9.78. The fourth-order valence-corrected chi connectivity index (χ4v) is 3.82. The lowest BCUT2D eigenvalue weighted by atomic mass is 9.74. The van der Waals surface area contributed by atoms with E-state index in [0.717, 1.165) is 17.3 Å². The summed E-state index contributed by atoms with van der Waals surface area (Å²) < 4.78 is 3.54. The minimum atomic E-state index is 0.153. The molecule has 1 aliphatic rings. The lowest BCUT2D eigenvalue weighted by Gasteiger charge is -2.34. The quantitative estimate of drug-likeness (QED) is 0.787. The van der Waals surface area contributed by atoms with Crippen molar-refractivity contribution in [2.24, 2.45) is 11.1 Å². The summed E-state index contributed by atoms with van der Waals surface area (Å²) in [5, 5.41) is 0. The molecular weight excluding hydrogens is 324 g/mol. The number of aromatic nitrogens is 1. The molecule has 1 atom stereocenters. The monoisotopic (exact) mass is 346 g/mol. The standard InChI is InChI=1S/C18H23BrN2/c1-11-7-13(5-6-15(11)19)21-12(2)8-14-16(20)9-18(3,4)10-17(14)21/h5-8,16H,9-10,20H2,1-4H3. The van der Waals surface area contributed by atoms with Crippen LogP contribution in [0.4, 0.5) is 0 Å². The molecule has 0 radical (unpaired) electrons. The molecule has 1 aromatic heterocycles. The van der Waals surface area contributed by atoms with Crippen molar-refractivity contribution >= 4 is 15.9 Å². The van der Waals surface area contributed by atoms with Gasteiger partial charge in [0.15, 0.2) is 0 Å². The zero-order valence-corrected chi connectivity index (χ0v) is 14.8. The number of hydrogen-bond donors (Lipinski definition) is 1. The first kappa shape index (κ1) is 14.9.